The Kier molecular flexibility index (Phi) is 5.76. The monoisotopic (exact) mass is 430 g/mol. The van der Waals surface area contributed by atoms with E-state index in [0.717, 1.165) is 23.6 Å². The highest BCUT2D eigenvalue weighted by atomic mass is 16.5. The molecule has 0 aromatic heterocycles. The Hall–Kier alpha value is -3.21. The van der Waals surface area contributed by atoms with E-state index in [1.807, 2.05) is 30.3 Å². The van der Waals surface area contributed by atoms with Crippen LogP contribution < -0.4 is 0 Å². The second-order valence-corrected chi connectivity index (χ2v) is 9.70. The summed E-state index contributed by atoms with van der Waals surface area (Å²) in [6.45, 7) is 9.46. The summed E-state index contributed by atoms with van der Waals surface area (Å²) in [5.41, 5.74) is 1.62. The molecule has 3 aromatic rings. The molecule has 0 heterocycles. The van der Waals surface area contributed by atoms with Crippen LogP contribution in [0.2, 0.25) is 0 Å². The van der Waals surface area contributed by atoms with Gasteiger partial charge in [-0.2, -0.15) is 5.11 Å². The van der Waals surface area contributed by atoms with Crippen molar-refractivity contribution in [1.29, 1.82) is 0 Å². The molecule has 1 aliphatic carbocycles. The number of hydrogen-bond donors (Lipinski definition) is 1. The standard InChI is InChI=1S/C27H30N2O3/c1-18-15-16-27(4,26(18,2)3)17-32-25(31)20-9-12-21(13-10-20)28-29-24-22-8-6-5-7-19(22)11-14-23(24)30/h5-14,18,30H,15-17H2,1-4H3/t18-,27+/m0/s1. The second-order valence-electron chi connectivity index (χ2n) is 9.70. The van der Waals surface area contributed by atoms with Gasteiger partial charge in [-0.1, -0.05) is 58.0 Å². The molecule has 3 aromatic carbocycles. The van der Waals surface area contributed by atoms with Crippen LogP contribution in [0.3, 0.4) is 0 Å². The molecule has 1 fully saturated rings. The number of phenols is 1. The van der Waals surface area contributed by atoms with E-state index < -0.39 is 0 Å². The molecular weight excluding hydrogens is 400 g/mol. The number of ether oxygens (including phenoxy) is 1. The normalized spacial score (nSPS) is 22.4. The Labute approximate surface area is 189 Å². The van der Waals surface area contributed by atoms with E-state index in [2.05, 4.69) is 37.9 Å². The molecule has 1 N–H and O–H groups in total. The van der Waals surface area contributed by atoms with Gasteiger partial charge in [0.25, 0.3) is 0 Å². The minimum atomic E-state index is -0.322. The quantitative estimate of drug-likeness (QED) is 0.335. The van der Waals surface area contributed by atoms with Crippen LogP contribution in [-0.4, -0.2) is 17.7 Å². The lowest BCUT2D eigenvalue weighted by molar-refractivity contribution is -0.00349. The summed E-state index contributed by atoms with van der Waals surface area (Å²) in [4.78, 5) is 12.6. The maximum Gasteiger partial charge on any atom is 0.338 e. The number of benzene rings is 3. The first-order valence-corrected chi connectivity index (χ1v) is 11.1. The topological polar surface area (TPSA) is 71.2 Å². The number of carbonyl (C=O) groups excluding carboxylic acids is 1. The van der Waals surface area contributed by atoms with Gasteiger partial charge in [-0.25, -0.2) is 4.79 Å². The first kappa shape index (κ1) is 22.0. The molecule has 1 saturated carbocycles. The highest BCUT2D eigenvalue weighted by molar-refractivity contribution is 5.95. The Morgan fingerprint density at radius 2 is 1.75 bits per heavy atom. The van der Waals surface area contributed by atoms with Crippen molar-refractivity contribution in [2.75, 3.05) is 6.61 Å². The molecule has 166 valence electrons. The van der Waals surface area contributed by atoms with E-state index in [0.29, 0.717) is 29.5 Å². The lowest BCUT2D eigenvalue weighted by Gasteiger charge is -2.40. The summed E-state index contributed by atoms with van der Waals surface area (Å²) in [5, 5.41) is 20.5. The number of phenolic OH excluding ortho intramolecular Hbond substituents is 1. The average molecular weight is 431 g/mol. The highest BCUT2D eigenvalue weighted by Crippen LogP contribution is 2.55. The predicted octanol–water partition coefficient (Wildman–Crippen LogP) is 7.58. The average Bonchev–Trinajstić information content (AvgIpc) is 3.00. The van der Waals surface area contributed by atoms with Gasteiger partial charge in [0.05, 0.1) is 17.9 Å². The van der Waals surface area contributed by atoms with Crippen LogP contribution in [0.1, 0.15) is 50.9 Å². The van der Waals surface area contributed by atoms with E-state index >= 15 is 0 Å². The van der Waals surface area contributed by atoms with Crippen molar-refractivity contribution in [2.45, 2.75) is 40.5 Å². The molecule has 32 heavy (non-hydrogen) atoms. The van der Waals surface area contributed by atoms with E-state index in [9.17, 15) is 9.90 Å². The van der Waals surface area contributed by atoms with Gasteiger partial charge >= 0.3 is 5.97 Å². The van der Waals surface area contributed by atoms with Crippen LogP contribution in [0.15, 0.2) is 70.9 Å². The molecule has 0 spiro atoms. The fourth-order valence-electron chi connectivity index (χ4n) is 4.50. The number of aromatic hydroxyl groups is 1. The van der Waals surface area contributed by atoms with E-state index in [4.69, 9.17) is 4.74 Å². The smallest absolute Gasteiger partial charge is 0.338 e. The number of carbonyl (C=O) groups is 1. The maximum absolute atomic E-state index is 12.6. The van der Waals surface area contributed by atoms with Gasteiger partial charge in [-0.05, 0) is 59.9 Å². The molecule has 5 heteroatoms. The predicted molar refractivity (Wildman–Crippen MR) is 127 cm³/mol. The van der Waals surface area contributed by atoms with Crippen molar-refractivity contribution in [3.05, 3.63) is 66.2 Å². The maximum atomic E-state index is 12.6. The molecule has 2 atom stereocenters. The summed E-state index contributed by atoms with van der Waals surface area (Å²) in [6.07, 6.45) is 2.22. The number of esters is 1. The number of fused-ring (bicyclic) bond motifs is 1. The van der Waals surface area contributed by atoms with Gasteiger partial charge in [-0.15, -0.1) is 5.11 Å². The number of nitrogens with zero attached hydrogens (tertiary/aromatic N) is 2. The Morgan fingerprint density at radius 3 is 2.44 bits per heavy atom. The fraction of sp³-hybridized carbons (Fsp3) is 0.370. The van der Waals surface area contributed by atoms with Crippen LogP contribution in [0.25, 0.3) is 10.8 Å². The molecule has 0 bridgehead atoms. The van der Waals surface area contributed by atoms with E-state index in [1.165, 1.54) is 0 Å². The third-order valence-electron chi connectivity index (χ3n) is 7.69. The number of hydrogen-bond acceptors (Lipinski definition) is 5. The Bertz CT molecular complexity index is 1170. The van der Waals surface area contributed by atoms with Gasteiger partial charge < -0.3 is 9.84 Å². The first-order chi connectivity index (χ1) is 15.2. The molecule has 4 rings (SSSR count). The van der Waals surface area contributed by atoms with Gasteiger partial charge in [-0.3, -0.25) is 0 Å². The molecule has 1 aliphatic rings. The zero-order chi connectivity index (χ0) is 22.9. The molecular formula is C27H30N2O3. The summed E-state index contributed by atoms with van der Waals surface area (Å²) >= 11 is 0. The summed E-state index contributed by atoms with van der Waals surface area (Å²) in [5.74, 6) is 0.360. The summed E-state index contributed by atoms with van der Waals surface area (Å²) in [7, 11) is 0. The van der Waals surface area contributed by atoms with E-state index in [1.54, 1.807) is 30.3 Å². The minimum absolute atomic E-state index is 0.0172. The molecule has 0 radical (unpaired) electrons. The lowest BCUT2D eigenvalue weighted by atomic mass is 9.66. The largest absolute Gasteiger partial charge is 0.506 e. The van der Waals surface area contributed by atoms with Gasteiger partial charge in [0.2, 0.25) is 0 Å². The molecule has 0 saturated heterocycles. The van der Waals surface area contributed by atoms with Crippen molar-refractivity contribution in [1.82, 2.24) is 0 Å². The summed E-state index contributed by atoms with van der Waals surface area (Å²) in [6, 6.07) is 18.0. The van der Waals surface area contributed by atoms with Crippen molar-refractivity contribution in [2.24, 2.45) is 27.0 Å². The van der Waals surface area contributed by atoms with E-state index in [-0.39, 0.29) is 22.5 Å². The van der Waals surface area contributed by atoms with Gasteiger partial charge in [0.1, 0.15) is 11.4 Å². The fourth-order valence-corrected chi connectivity index (χ4v) is 4.50. The molecule has 0 amide bonds. The second kappa shape index (κ2) is 8.38. The van der Waals surface area contributed by atoms with Crippen LogP contribution in [0, 0.1) is 16.7 Å². The summed E-state index contributed by atoms with van der Waals surface area (Å²) < 4.78 is 5.71. The van der Waals surface area contributed by atoms with Crippen molar-refractivity contribution >= 4 is 28.1 Å². The molecule has 0 aliphatic heterocycles. The van der Waals surface area contributed by atoms with Crippen molar-refractivity contribution < 1.29 is 14.6 Å². The Balaban J connectivity index is 1.45. The number of azo groups is 1. The minimum Gasteiger partial charge on any atom is -0.506 e. The zero-order valence-electron chi connectivity index (χ0n) is 19.1. The highest BCUT2D eigenvalue weighted by Gasteiger charge is 2.50. The van der Waals surface area contributed by atoms with Crippen molar-refractivity contribution in [3.63, 3.8) is 0 Å². The SMILES string of the molecule is C[C@H]1CC[C@](C)(COC(=O)c2ccc(N=Nc3c(O)ccc4ccccc34)cc2)C1(C)C. The number of rotatable bonds is 5. The van der Waals surface area contributed by atoms with Gasteiger partial charge in [0.15, 0.2) is 0 Å². The van der Waals surface area contributed by atoms with Crippen LogP contribution in [0.5, 0.6) is 5.75 Å². The lowest BCUT2D eigenvalue weighted by Crippen LogP contribution is -2.37. The van der Waals surface area contributed by atoms with Crippen molar-refractivity contribution in [3.8, 4) is 5.75 Å². The first-order valence-electron chi connectivity index (χ1n) is 11.1. The van der Waals surface area contributed by atoms with Crippen LogP contribution in [0.4, 0.5) is 11.4 Å². The molecule has 0 unspecified atom stereocenters. The third-order valence-corrected chi connectivity index (χ3v) is 7.69. The Morgan fingerprint density at radius 1 is 1.03 bits per heavy atom. The third kappa shape index (κ3) is 3.99. The molecule has 5 nitrogen and oxygen atoms in total. The van der Waals surface area contributed by atoms with Crippen LogP contribution >= 0.6 is 0 Å². The van der Waals surface area contributed by atoms with Gasteiger partial charge in [0, 0.05) is 10.8 Å². The van der Waals surface area contributed by atoms with Crippen LogP contribution in [-0.2, 0) is 4.74 Å². The zero-order valence-corrected chi connectivity index (χ0v) is 19.1.